The molecule has 1 aromatic rings. The lowest BCUT2D eigenvalue weighted by Gasteiger charge is -2.49. The van der Waals surface area contributed by atoms with Crippen LogP contribution in [0.25, 0.3) is 0 Å². The highest BCUT2D eigenvalue weighted by atomic mass is 32.2. The molecule has 3 amide bonds. The van der Waals surface area contributed by atoms with Gasteiger partial charge in [-0.1, -0.05) is 5.16 Å². The van der Waals surface area contributed by atoms with E-state index in [-0.39, 0.29) is 22.7 Å². The van der Waals surface area contributed by atoms with Crippen LogP contribution in [-0.4, -0.2) is 86.6 Å². The van der Waals surface area contributed by atoms with E-state index >= 15 is 0 Å². The van der Waals surface area contributed by atoms with Crippen LogP contribution in [-0.2, 0) is 24.0 Å². The maximum atomic E-state index is 12.7. The number of oxime groups is 1. The summed E-state index contributed by atoms with van der Waals surface area (Å²) in [5, 5.41) is 26.0. The number of nitrogens with one attached hydrogen (secondary N) is 2. The summed E-state index contributed by atoms with van der Waals surface area (Å²) in [6, 6.07) is -1.14. The molecule has 1 aromatic heterocycles. The monoisotopic (exact) mass is 509 g/mol. The molecule has 2 aliphatic heterocycles. The van der Waals surface area contributed by atoms with Gasteiger partial charge in [-0.05, 0) is 5.57 Å². The molecule has 178 valence electrons. The number of thiazole rings is 1. The molecule has 0 spiro atoms. The Bertz CT molecular complexity index is 1070. The Kier molecular flexibility index (Phi) is 6.94. The standard InChI is InChI=1S/C16H14F3N5O7S2/c1-31-23-7(6-4-33-15(20-6)22-14(30)16(17,18)19)10(26)21-8-11(27)24-9(13(28)29)5(2-25)3-32-12(8)24/h4,8,12,25H,2-3H2,1H3,(H,21,26)(H,28,29)(H,20,22,30)/t8?,12-/m1/s1. The molecular formula is C16H14F3N5O7S2. The lowest BCUT2D eigenvalue weighted by Crippen LogP contribution is -2.71. The van der Waals surface area contributed by atoms with Gasteiger partial charge >= 0.3 is 18.1 Å². The van der Waals surface area contributed by atoms with Gasteiger partial charge < -0.3 is 20.4 Å². The summed E-state index contributed by atoms with van der Waals surface area (Å²) in [4.78, 5) is 57.0. The Morgan fingerprint density at radius 1 is 1.39 bits per heavy atom. The topological polar surface area (TPSA) is 171 Å². The normalized spacial score (nSPS) is 20.7. The minimum atomic E-state index is -5.14. The van der Waals surface area contributed by atoms with Crippen molar-refractivity contribution in [2.45, 2.75) is 17.6 Å². The number of amides is 3. The Balaban J connectivity index is 1.75. The van der Waals surface area contributed by atoms with E-state index in [0.29, 0.717) is 11.3 Å². The van der Waals surface area contributed by atoms with Crippen LogP contribution in [0.3, 0.4) is 0 Å². The first-order valence-electron chi connectivity index (χ1n) is 8.76. The van der Waals surface area contributed by atoms with Gasteiger partial charge in [0.15, 0.2) is 10.8 Å². The Morgan fingerprint density at radius 2 is 2.09 bits per heavy atom. The number of carboxylic acids is 1. The van der Waals surface area contributed by atoms with Crippen LogP contribution in [0.2, 0.25) is 0 Å². The second-order valence-corrected chi connectivity index (χ2v) is 8.35. The number of aliphatic hydroxyl groups is 1. The molecule has 4 N–H and O–H groups in total. The Morgan fingerprint density at radius 3 is 2.67 bits per heavy atom. The van der Waals surface area contributed by atoms with Crippen molar-refractivity contribution in [2.24, 2.45) is 5.16 Å². The molecular weight excluding hydrogens is 495 g/mol. The highest BCUT2D eigenvalue weighted by molar-refractivity contribution is 8.00. The molecule has 33 heavy (non-hydrogen) atoms. The minimum Gasteiger partial charge on any atom is -0.477 e. The number of rotatable bonds is 7. The number of halogens is 3. The van der Waals surface area contributed by atoms with Gasteiger partial charge in [0.05, 0.1) is 6.61 Å². The first-order valence-corrected chi connectivity index (χ1v) is 10.7. The number of aromatic nitrogens is 1. The fraction of sp³-hybridized carbons (Fsp3) is 0.375. The number of hydrogen-bond donors (Lipinski definition) is 4. The van der Waals surface area contributed by atoms with Crippen LogP contribution < -0.4 is 10.6 Å². The van der Waals surface area contributed by atoms with Gasteiger partial charge in [-0.25, -0.2) is 9.78 Å². The number of alkyl halides is 3. The zero-order valence-electron chi connectivity index (χ0n) is 16.4. The highest BCUT2D eigenvalue weighted by Crippen LogP contribution is 2.40. The molecule has 0 radical (unpaired) electrons. The predicted octanol–water partition coefficient (Wildman–Crippen LogP) is -0.275. The van der Waals surface area contributed by atoms with Gasteiger partial charge in [0, 0.05) is 11.1 Å². The number of aliphatic carboxylic acids is 1. The maximum absolute atomic E-state index is 12.7. The quantitative estimate of drug-likeness (QED) is 0.219. The largest absolute Gasteiger partial charge is 0.477 e. The number of aliphatic hydroxyl groups excluding tert-OH is 1. The molecule has 0 aliphatic carbocycles. The Hall–Kier alpha value is -3.18. The van der Waals surface area contributed by atoms with Crippen molar-refractivity contribution >= 4 is 57.6 Å². The number of fused-ring (bicyclic) bond motifs is 1. The average molecular weight is 509 g/mol. The smallest absolute Gasteiger partial charge is 0.471 e. The summed E-state index contributed by atoms with van der Waals surface area (Å²) in [6.07, 6.45) is -5.14. The number of nitrogens with zero attached hydrogens (tertiary/aromatic N) is 3. The second kappa shape index (κ2) is 9.36. The SMILES string of the molecule is CON=C(C(=O)NC1C(=O)N2C(C(=O)O)=C(CO)CS[C@H]12)c1csc(NC(=O)C(F)(F)F)n1. The van der Waals surface area contributed by atoms with Gasteiger partial charge in [0.2, 0.25) is 0 Å². The van der Waals surface area contributed by atoms with Crippen LogP contribution in [0.15, 0.2) is 21.8 Å². The molecule has 12 nitrogen and oxygen atoms in total. The fourth-order valence-corrected chi connectivity index (χ4v) is 4.94. The molecule has 2 atom stereocenters. The molecule has 0 saturated carbocycles. The predicted molar refractivity (Wildman–Crippen MR) is 107 cm³/mol. The third kappa shape index (κ3) is 4.79. The first-order chi connectivity index (χ1) is 15.5. The van der Waals surface area contributed by atoms with Gasteiger partial charge in [-0.15, -0.1) is 23.1 Å². The number of carbonyl (C=O) groups is 4. The Labute approximate surface area is 190 Å². The minimum absolute atomic E-state index is 0.117. The number of carboxylic acid groups (broad SMARTS) is 1. The number of hydrogen-bond acceptors (Lipinski definition) is 10. The summed E-state index contributed by atoms with van der Waals surface area (Å²) >= 11 is 1.72. The van der Waals surface area contributed by atoms with Crippen LogP contribution >= 0.6 is 23.1 Å². The van der Waals surface area contributed by atoms with Crippen molar-refractivity contribution in [3.8, 4) is 0 Å². The van der Waals surface area contributed by atoms with Crippen LogP contribution in [0.4, 0.5) is 18.3 Å². The molecule has 0 bridgehead atoms. The molecule has 1 saturated heterocycles. The van der Waals surface area contributed by atoms with Crippen molar-refractivity contribution in [3.63, 3.8) is 0 Å². The average Bonchev–Trinajstić information content (AvgIpc) is 3.21. The van der Waals surface area contributed by atoms with Crippen molar-refractivity contribution in [3.05, 3.63) is 22.3 Å². The van der Waals surface area contributed by atoms with E-state index in [0.717, 1.165) is 29.2 Å². The zero-order valence-corrected chi connectivity index (χ0v) is 18.0. The number of β-lactam (4-membered cyclic amide) rings is 1. The van der Waals surface area contributed by atoms with Crippen molar-refractivity contribution in [2.75, 3.05) is 24.8 Å². The molecule has 0 aromatic carbocycles. The second-order valence-electron chi connectivity index (χ2n) is 6.39. The fourth-order valence-electron chi connectivity index (χ4n) is 2.92. The zero-order chi connectivity index (χ0) is 24.5. The van der Waals surface area contributed by atoms with E-state index in [9.17, 15) is 42.6 Å². The van der Waals surface area contributed by atoms with Crippen LogP contribution in [0.5, 0.6) is 0 Å². The number of anilines is 1. The van der Waals surface area contributed by atoms with E-state index in [1.165, 1.54) is 0 Å². The van der Waals surface area contributed by atoms with Gasteiger partial charge in [-0.2, -0.15) is 13.2 Å². The van der Waals surface area contributed by atoms with E-state index in [2.05, 4.69) is 20.3 Å². The van der Waals surface area contributed by atoms with E-state index in [4.69, 9.17) is 0 Å². The maximum Gasteiger partial charge on any atom is 0.471 e. The molecule has 17 heteroatoms. The van der Waals surface area contributed by atoms with E-state index in [1.807, 2.05) is 0 Å². The van der Waals surface area contributed by atoms with Gasteiger partial charge in [0.25, 0.3) is 11.8 Å². The van der Waals surface area contributed by atoms with Crippen LogP contribution in [0, 0.1) is 0 Å². The lowest BCUT2D eigenvalue weighted by molar-refractivity contribution is -0.167. The number of thioether (sulfide) groups is 1. The molecule has 2 aliphatic rings. The lowest BCUT2D eigenvalue weighted by atomic mass is 10.0. The van der Waals surface area contributed by atoms with Gasteiger partial charge in [0.1, 0.15) is 29.9 Å². The first kappa shape index (κ1) is 24.5. The molecule has 3 heterocycles. The molecule has 1 unspecified atom stereocenters. The highest BCUT2D eigenvalue weighted by Gasteiger charge is 2.54. The van der Waals surface area contributed by atoms with Gasteiger partial charge in [-0.3, -0.25) is 24.6 Å². The third-order valence-electron chi connectivity index (χ3n) is 4.35. The summed E-state index contributed by atoms with van der Waals surface area (Å²) in [5.74, 6) is -5.25. The summed E-state index contributed by atoms with van der Waals surface area (Å²) in [6.45, 7) is -0.552. The van der Waals surface area contributed by atoms with E-state index < -0.39 is 58.7 Å². The van der Waals surface area contributed by atoms with Crippen molar-refractivity contribution in [1.82, 2.24) is 15.2 Å². The number of carbonyl (C=O) groups excluding carboxylic acids is 3. The van der Waals surface area contributed by atoms with Crippen LogP contribution in [0.1, 0.15) is 5.69 Å². The molecule has 3 rings (SSSR count). The van der Waals surface area contributed by atoms with E-state index in [1.54, 1.807) is 5.32 Å². The van der Waals surface area contributed by atoms with Crippen molar-refractivity contribution < 1.29 is 47.4 Å². The van der Waals surface area contributed by atoms with Crippen molar-refractivity contribution in [1.29, 1.82) is 0 Å². The summed E-state index contributed by atoms with van der Waals surface area (Å²) in [5.41, 5.74) is -0.921. The summed E-state index contributed by atoms with van der Waals surface area (Å²) < 4.78 is 37.2. The molecule has 1 fully saturated rings. The summed E-state index contributed by atoms with van der Waals surface area (Å²) in [7, 11) is 1.10. The third-order valence-corrected chi connectivity index (χ3v) is 6.45.